The lowest BCUT2D eigenvalue weighted by Gasteiger charge is -2.15. The van der Waals surface area contributed by atoms with Crippen molar-refractivity contribution in [1.82, 2.24) is 0 Å². The van der Waals surface area contributed by atoms with Gasteiger partial charge in [0.15, 0.2) is 0 Å². The Morgan fingerprint density at radius 2 is 1.71 bits per heavy atom. The number of aliphatic carboxylic acids is 1. The first-order valence-corrected chi connectivity index (χ1v) is 4.75. The van der Waals surface area contributed by atoms with Crippen LogP contribution in [-0.4, -0.2) is 23.7 Å². The SMILES string of the molecule is CC(C)[C@H](C)C(=O)OC[C@H](C)C(=O)O. The molecule has 0 unspecified atom stereocenters. The second-order valence-corrected chi connectivity index (χ2v) is 3.90. The highest BCUT2D eigenvalue weighted by atomic mass is 16.5. The molecule has 0 aromatic heterocycles. The van der Waals surface area contributed by atoms with Crippen molar-refractivity contribution in [3.05, 3.63) is 0 Å². The number of hydrogen-bond donors (Lipinski definition) is 1. The Hall–Kier alpha value is -1.06. The van der Waals surface area contributed by atoms with Crippen LogP contribution < -0.4 is 0 Å². The van der Waals surface area contributed by atoms with Crippen LogP contribution in [0.15, 0.2) is 0 Å². The largest absolute Gasteiger partial charge is 0.481 e. The molecule has 4 nitrogen and oxygen atoms in total. The van der Waals surface area contributed by atoms with E-state index in [2.05, 4.69) is 0 Å². The number of rotatable bonds is 5. The van der Waals surface area contributed by atoms with Crippen molar-refractivity contribution in [2.45, 2.75) is 27.7 Å². The molecule has 0 amide bonds. The molecule has 0 radical (unpaired) electrons. The lowest BCUT2D eigenvalue weighted by atomic mass is 9.98. The van der Waals surface area contributed by atoms with E-state index in [1.54, 1.807) is 6.92 Å². The molecule has 0 aliphatic heterocycles. The molecule has 0 spiro atoms. The van der Waals surface area contributed by atoms with Crippen LogP contribution in [0.25, 0.3) is 0 Å². The van der Waals surface area contributed by atoms with E-state index in [-0.39, 0.29) is 24.4 Å². The van der Waals surface area contributed by atoms with E-state index >= 15 is 0 Å². The second-order valence-electron chi connectivity index (χ2n) is 3.90. The number of carboxylic acid groups (broad SMARTS) is 1. The Morgan fingerprint density at radius 1 is 1.21 bits per heavy atom. The molecule has 0 aromatic rings. The summed E-state index contributed by atoms with van der Waals surface area (Å²) in [7, 11) is 0. The van der Waals surface area contributed by atoms with E-state index in [1.165, 1.54) is 6.92 Å². The number of carbonyl (C=O) groups is 2. The number of esters is 1. The number of carboxylic acids is 1. The summed E-state index contributed by atoms with van der Waals surface area (Å²) in [6.45, 7) is 7.08. The van der Waals surface area contributed by atoms with Crippen LogP contribution in [0.2, 0.25) is 0 Å². The average molecular weight is 202 g/mol. The van der Waals surface area contributed by atoms with Crippen molar-refractivity contribution in [2.75, 3.05) is 6.61 Å². The molecule has 0 heterocycles. The Labute approximate surface area is 84.3 Å². The van der Waals surface area contributed by atoms with Gasteiger partial charge in [0.1, 0.15) is 6.61 Å². The molecule has 14 heavy (non-hydrogen) atoms. The maximum Gasteiger partial charge on any atom is 0.309 e. The molecule has 0 rings (SSSR count). The molecule has 4 heteroatoms. The van der Waals surface area contributed by atoms with Gasteiger partial charge in [-0.1, -0.05) is 20.8 Å². The summed E-state index contributed by atoms with van der Waals surface area (Å²) >= 11 is 0. The molecule has 0 fully saturated rings. The summed E-state index contributed by atoms with van der Waals surface area (Å²) in [5.41, 5.74) is 0. The van der Waals surface area contributed by atoms with Gasteiger partial charge in [-0.25, -0.2) is 0 Å². The van der Waals surface area contributed by atoms with Gasteiger partial charge < -0.3 is 9.84 Å². The third-order valence-electron chi connectivity index (χ3n) is 2.27. The van der Waals surface area contributed by atoms with E-state index in [0.717, 1.165) is 0 Å². The summed E-state index contributed by atoms with van der Waals surface area (Å²) in [4.78, 5) is 21.7. The van der Waals surface area contributed by atoms with Gasteiger partial charge in [-0.2, -0.15) is 0 Å². The predicted octanol–water partition coefficient (Wildman–Crippen LogP) is 1.54. The Morgan fingerprint density at radius 3 is 2.07 bits per heavy atom. The summed E-state index contributed by atoms with van der Waals surface area (Å²) < 4.78 is 4.87. The summed E-state index contributed by atoms with van der Waals surface area (Å²) in [5.74, 6) is -1.89. The molecule has 1 N–H and O–H groups in total. The van der Waals surface area contributed by atoms with Crippen molar-refractivity contribution < 1.29 is 19.4 Å². The fourth-order valence-corrected chi connectivity index (χ4v) is 0.682. The van der Waals surface area contributed by atoms with Gasteiger partial charge in [0, 0.05) is 0 Å². The van der Waals surface area contributed by atoms with Gasteiger partial charge in [0.25, 0.3) is 0 Å². The topological polar surface area (TPSA) is 63.6 Å². The zero-order valence-corrected chi connectivity index (χ0v) is 9.11. The molecular weight excluding hydrogens is 184 g/mol. The van der Waals surface area contributed by atoms with E-state index in [9.17, 15) is 9.59 Å². The van der Waals surface area contributed by atoms with Crippen LogP contribution in [0.4, 0.5) is 0 Å². The smallest absolute Gasteiger partial charge is 0.309 e. The molecule has 0 bridgehead atoms. The maximum atomic E-state index is 11.3. The van der Waals surface area contributed by atoms with Crippen molar-refractivity contribution in [2.24, 2.45) is 17.8 Å². The van der Waals surface area contributed by atoms with Crippen molar-refractivity contribution >= 4 is 11.9 Å². The second kappa shape index (κ2) is 5.62. The Bertz CT molecular complexity index is 210. The average Bonchev–Trinajstić information content (AvgIpc) is 2.11. The van der Waals surface area contributed by atoms with E-state index in [4.69, 9.17) is 9.84 Å². The molecule has 0 saturated heterocycles. The van der Waals surface area contributed by atoms with Crippen LogP contribution in [0.3, 0.4) is 0 Å². The minimum Gasteiger partial charge on any atom is -0.481 e. The Balaban J connectivity index is 3.91. The number of carbonyl (C=O) groups excluding carboxylic acids is 1. The van der Waals surface area contributed by atoms with Gasteiger partial charge in [0.05, 0.1) is 11.8 Å². The predicted molar refractivity (Wildman–Crippen MR) is 51.8 cm³/mol. The highest BCUT2D eigenvalue weighted by Gasteiger charge is 2.20. The van der Waals surface area contributed by atoms with Crippen LogP contribution >= 0.6 is 0 Å². The minimum atomic E-state index is -0.949. The first-order valence-electron chi connectivity index (χ1n) is 4.75. The Kier molecular flexibility index (Phi) is 5.20. The van der Waals surface area contributed by atoms with Crippen LogP contribution in [0, 0.1) is 17.8 Å². The van der Waals surface area contributed by atoms with Crippen molar-refractivity contribution in [3.8, 4) is 0 Å². The normalized spacial score (nSPS) is 14.9. The molecule has 0 saturated carbocycles. The van der Waals surface area contributed by atoms with E-state index in [0.29, 0.717) is 0 Å². The summed E-state index contributed by atoms with van der Waals surface area (Å²) in [6, 6.07) is 0. The highest BCUT2D eigenvalue weighted by Crippen LogP contribution is 2.12. The first-order chi connectivity index (χ1) is 6.36. The number of hydrogen-bond acceptors (Lipinski definition) is 3. The zero-order chi connectivity index (χ0) is 11.3. The first kappa shape index (κ1) is 12.9. The van der Waals surface area contributed by atoms with Gasteiger partial charge in [-0.05, 0) is 12.8 Å². The quantitative estimate of drug-likeness (QED) is 0.687. The molecule has 0 aliphatic rings. The standard InChI is InChI=1S/C10H18O4/c1-6(2)8(4)10(13)14-5-7(3)9(11)12/h6-8H,5H2,1-4H3,(H,11,12)/t7-,8-/m0/s1. The maximum absolute atomic E-state index is 11.3. The lowest BCUT2D eigenvalue weighted by Crippen LogP contribution is -2.24. The van der Waals surface area contributed by atoms with Gasteiger partial charge >= 0.3 is 11.9 Å². The molecular formula is C10H18O4. The molecule has 82 valence electrons. The third kappa shape index (κ3) is 4.25. The van der Waals surface area contributed by atoms with Crippen LogP contribution in [0.5, 0.6) is 0 Å². The third-order valence-corrected chi connectivity index (χ3v) is 2.27. The highest BCUT2D eigenvalue weighted by molar-refractivity contribution is 5.73. The van der Waals surface area contributed by atoms with Gasteiger partial charge in [0.2, 0.25) is 0 Å². The molecule has 2 atom stereocenters. The fraction of sp³-hybridized carbons (Fsp3) is 0.800. The monoisotopic (exact) mass is 202 g/mol. The summed E-state index contributed by atoms with van der Waals surface area (Å²) in [5, 5.41) is 8.55. The van der Waals surface area contributed by atoms with Crippen molar-refractivity contribution in [3.63, 3.8) is 0 Å². The van der Waals surface area contributed by atoms with Crippen LogP contribution in [0.1, 0.15) is 27.7 Å². The zero-order valence-electron chi connectivity index (χ0n) is 9.11. The summed E-state index contributed by atoms with van der Waals surface area (Å²) in [6.07, 6.45) is 0. The molecule has 0 aromatic carbocycles. The molecule has 0 aliphatic carbocycles. The van der Waals surface area contributed by atoms with Gasteiger partial charge in [-0.3, -0.25) is 9.59 Å². The minimum absolute atomic E-state index is 0.0504. The van der Waals surface area contributed by atoms with E-state index < -0.39 is 11.9 Å². The number of ether oxygens (including phenoxy) is 1. The van der Waals surface area contributed by atoms with E-state index in [1.807, 2.05) is 13.8 Å². The van der Waals surface area contributed by atoms with Crippen LogP contribution in [-0.2, 0) is 14.3 Å². The van der Waals surface area contributed by atoms with Gasteiger partial charge in [-0.15, -0.1) is 0 Å². The van der Waals surface area contributed by atoms with Crippen molar-refractivity contribution in [1.29, 1.82) is 0 Å². The lowest BCUT2D eigenvalue weighted by molar-refractivity contribution is -0.154. The fourth-order valence-electron chi connectivity index (χ4n) is 0.682.